The number of thioether (sulfide) groups is 1. The summed E-state index contributed by atoms with van der Waals surface area (Å²) in [5.74, 6) is 0.270. The zero-order chi connectivity index (χ0) is 27.9. The third-order valence-corrected chi connectivity index (χ3v) is 6.45. The van der Waals surface area contributed by atoms with Crippen molar-refractivity contribution in [2.24, 2.45) is 0 Å². The Morgan fingerprint density at radius 2 is 1.45 bits per heavy atom. The van der Waals surface area contributed by atoms with Gasteiger partial charge in [0.1, 0.15) is 5.75 Å². The van der Waals surface area contributed by atoms with E-state index in [0.29, 0.717) is 12.2 Å². The van der Waals surface area contributed by atoms with Crippen molar-refractivity contribution < 1.29 is 40.6 Å². The molecule has 0 amide bonds. The van der Waals surface area contributed by atoms with E-state index < -0.39 is 29.4 Å². The summed E-state index contributed by atoms with van der Waals surface area (Å²) in [6, 6.07) is 14.4. The van der Waals surface area contributed by atoms with Crippen molar-refractivity contribution >= 4 is 23.3 Å². The lowest BCUT2D eigenvalue weighted by Gasteiger charge is -2.15. The van der Waals surface area contributed by atoms with Crippen LogP contribution in [0.3, 0.4) is 0 Å². The first-order valence-corrected chi connectivity index (χ1v) is 12.4. The fraction of sp³-hybridized carbons (Fsp3) is 0.250. The third-order valence-electron chi connectivity index (χ3n) is 5.53. The van der Waals surface area contributed by atoms with E-state index in [0.717, 1.165) is 34.7 Å². The third kappa shape index (κ3) is 7.80. The molecular formula is C28H24F6O3S. The van der Waals surface area contributed by atoms with Gasteiger partial charge in [-0.15, -0.1) is 11.8 Å². The molecule has 202 valence electrons. The van der Waals surface area contributed by atoms with Crippen molar-refractivity contribution in [3.8, 4) is 5.75 Å². The molecule has 0 aliphatic rings. The molecule has 0 saturated carbocycles. The predicted molar refractivity (Wildman–Crippen MR) is 134 cm³/mol. The zero-order valence-corrected chi connectivity index (χ0v) is 21.3. The Labute approximate surface area is 220 Å². The van der Waals surface area contributed by atoms with Gasteiger partial charge in [0.2, 0.25) is 0 Å². The lowest BCUT2D eigenvalue weighted by Crippen LogP contribution is -2.13. The van der Waals surface area contributed by atoms with E-state index >= 15 is 0 Å². The predicted octanol–water partition coefficient (Wildman–Crippen LogP) is 8.06. The molecule has 0 radical (unpaired) electrons. The molecule has 0 bridgehead atoms. The molecular weight excluding hydrogens is 530 g/mol. The van der Waals surface area contributed by atoms with Crippen LogP contribution in [0.2, 0.25) is 0 Å². The molecule has 10 heteroatoms. The number of hydrogen-bond acceptors (Lipinski definition) is 4. The summed E-state index contributed by atoms with van der Waals surface area (Å²) < 4.78 is 90.1. The number of esters is 1. The Kier molecular flexibility index (Phi) is 9.54. The molecule has 0 aliphatic heterocycles. The number of carbonyl (C=O) groups is 1. The van der Waals surface area contributed by atoms with E-state index in [1.54, 1.807) is 18.2 Å². The van der Waals surface area contributed by atoms with Gasteiger partial charge in [-0.05, 0) is 71.1 Å². The number of hydrogen-bond donors (Lipinski definition) is 0. The molecule has 0 aromatic heterocycles. The zero-order valence-electron chi connectivity index (χ0n) is 20.5. The van der Waals surface area contributed by atoms with Crippen LogP contribution in [0, 0.1) is 0 Å². The van der Waals surface area contributed by atoms with Crippen LogP contribution >= 0.6 is 11.8 Å². The van der Waals surface area contributed by atoms with Gasteiger partial charge in [-0.25, -0.2) is 4.79 Å². The number of carbonyl (C=O) groups excluding carboxylic acids is 1. The molecule has 3 nitrogen and oxygen atoms in total. The van der Waals surface area contributed by atoms with Crippen LogP contribution in [0.5, 0.6) is 5.75 Å². The summed E-state index contributed by atoms with van der Waals surface area (Å²) >= 11 is 1.36. The fourth-order valence-electron chi connectivity index (χ4n) is 3.61. The molecule has 0 saturated heterocycles. The molecule has 0 atom stereocenters. The van der Waals surface area contributed by atoms with Crippen molar-refractivity contribution in [1.29, 1.82) is 0 Å². The van der Waals surface area contributed by atoms with Crippen molar-refractivity contribution in [3.05, 3.63) is 101 Å². The van der Waals surface area contributed by atoms with Gasteiger partial charge in [0.25, 0.3) is 0 Å². The second-order valence-corrected chi connectivity index (χ2v) is 9.17. The lowest BCUT2D eigenvalue weighted by atomic mass is 9.95. The van der Waals surface area contributed by atoms with E-state index in [2.05, 4.69) is 4.74 Å². The Morgan fingerprint density at radius 3 is 1.95 bits per heavy atom. The Morgan fingerprint density at radius 1 is 0.868 bits per heavy atom. The van der Waals surface area contributed by atoms with Gasteiger partial charge >= 0.3 is 18.3 Å². The van der Waals surface area contributed by atoms with Gasteiger partial charge < -0.3 is 9.47 Å². The largest absolute Gasteiger partial charge is 0.482 e. The summed E-state index contributed by atoms with van der Waals surface area (Å²) in [5.41, 5.74) is -0.394. The van der Waals surface area contributed by atoms with E-state index in [4.69, 9.17) is 4.74 Å². The highest BCUT2D eigenvalue weighted by atomic mass is 32.2. The average Bonchev–Trinajstić information content (AvgIpc) is 2.89. The minimum atomic E-state index is -4.60. The summed E-state index contributed by atoms with van der Waals surface area (Å²) in [7, 11) is 1.26. The first-order valence-electron chi connectivity index (χ1n) is 11.4. The van der Waals surface area contributed by atoms with Crippen molar-refractivity contribution in [2.75, 3.05) is 19.5 Å². The van der Waals surface area contributed by atoms with Gasteiger partial charge in [0.15, 0.2) is 6.61 Å². The van der Waals surface area contributed by atoms with Crippen LogP contribution < -0.4 is 4.74 Å². The number of rotatable bonds is 9. The van der Waals surface area contributed by atoms with Crippen LogP contribution in [0.4, 0.5) is 26.3 Å². The second-order valence-electron chi connectivity index (χ2n) is 8.07. The molecule has 0 fully saturated rings. The molecule has 3 rings (SSSR count). The topological polar surface area (TPSA) is 35.5 Å². The number of alkyl halides is 6. The molecule has 0 N–H and O–H groups in total. The van der Waals surface area contributed by atoms with E-state index in [9.17, 15) is 31.1 Å². The summed E-state index contributed by atoms with van der Waals surface area (Å²) in [6.45, 7) is 1.67. The maximum Gasteiger partial charge on any atom is 0.416 e. The van der Waals surface area contributed by atoms with Gasteiger partial charge in [0, 0.05) is 10.6 Å². The van der Waals surface area contributed by atoms with Crippen LogP contribution in [0.25, 0.3) is 5.57 Å². The first kappa shape index (κ1) is 29.2. The van der Waals surface area contributed by atoms with Crippen LogP contribution in [-0.2, 0) is 28.3 Å². The molecule has 0 spiro atoms. The summed E-state index contributed by atoms with van der Waals surface area (Å²) in [6.07, 6.45) is -6.97. The summed E-state index contributed by atoms with van der Waals surface area (Å²) in [4.78, 5) is 12.2. The average molecular weight is 555 g/mol. The lowest BCUT2D eigenvalue weighted by molar-refractivity contribution is -0.143. The van der Waals surface area contributed by atoms with Crippen LogP contribution in [-0.4, -0.2) is 25.4 Å². The quantitative estimate of drug-likeness (QED) is 0.152. The molecule has 0 heterocycles. The number of halogens is 6. The standard InChI is InChI=1S/C28H24F6O3S/c1-3-18-16-23(10-11-25(18)37-17-26(35)36-2)38-13-12-24(19-6-4-8-21(14-19)27(29,30)31)20-7-5-9-22(15-20)28(32,33)34/h4-12,14-16H,3,13,17H2,1-2H3. The maximum absolute atomic E-state index is 13.3. The molecule has 0 unspecified atom stereocenters. The molecule has 3 aromatic carbocycles. The second kappa shape index (κ2) is 12.4. The monoisotopic (exact) mass is 554 g/mol. The van der Waals surface area contributed by atoms with Crippen molar-refractivity contribution in [1.82, 2.24) is 0 Å². The Bertz CT molecular complexity index is 1240. The normalized spacial score (nSPS) is 11.7. The Balaban J connectivity index is 1.92. The van der Waals surface area contributed by atoms with Crippen LogP contribution in [0.15, 0.2) is 77.7 Å². The van der Waals surface area contributed by atoms with Gasteiger partial charge in [-0.2, -0.15) is 26.3 Å². The minimum Gasteiger partial charge on any atom is -0.482 e. The maximum atomic E-state index is 13.3. The smallest absolute Gasteiger partial charge is 0.416 e. The van der Waals surface area contributed by atoms with E-state index in [-0.39, 0.29) is 29.1 Å². The highest BCUT2D eigenvalue weighted by Crippen LogP contribution is 2.36. The highest BCUT2D eigenvalue weighted by molar-refractivity contribution is 7.99. The van der Waals surface area contributed by atoms with Gasteiger partial charge in [0.05, 0.1) is 18.2 Å². The first-order chi connectivity index (χ1) is 17.9. The number of methoxy groups -OCH3 is 1. The SMILES string of the molecule is CCc1cc(SCC=C(c2cccc(C(F)(F)F)c2)c2cccc(C(F)(F)F)c2)ccc1OCC(=O)OC. The number of ether oxygens (including phenoxy) is 2. The van der Waals surface area contributed by atoms with Gasteiger partial charge in [-0.1, -0.05) is 37.3 Å². The summed E-state index contributed by atoms with van der Waals surface area (Å²) in [5, 5.41) is 0. The highest BCUT2D eigenvalue weighted by Gasteiger charge is 2.32. The fourth-order valence-corrected chi connectivity index (χ4v) is 4.44. The van der Waals surface area contributed by atoms with Gasteiger partial charge in [-0.3, -0.25) is 0 Å². The Hall–Kier alpha value is -3.40. The molecule has 0 aliphatic carbocycles. The molecule has 3 aromatic rings. The van der Waals surface area contributed by atoms with E-state index in [1.807, 2.05) is 13.0 Å². The van der Waals surface area contributed by atoms with Crippen molar-refractivity contribution in [2.45, 2.75) is 30.6 Å². The van der Waals surface area contributed by atoms with Crippen molar-refractivity contribution in [3.63, 3.8) is 0 Å². The number of aryl methyl sites for hydroxylation is 1. The minimum absolute atomic E-state index is 0.153. The molecule has 38 heavy (non-hydrogen) atoms. The van der Waals surface area contributed by atoms with E-state index in [1.165, 1.54) is 43.1 Å². The van der Waals surface area contributed by atoms with Crippen LogP contribution in [0.1, 0.15) is 34.7 Å². The number of benzene rings is 3.